The normalized spacial score (nSPS) is 13.5. The molecule has 1 aromatic rings. The van der Waals surface area contributed by atoms with Crippen LogP contribution in [0.4, 0.5) is 11.4 Å². The van der Waals surface area contributed by atoms with Crippen LogP contribution in [0.5, 0.6) is 0 Å². The van der Waals surface area contributed by atoms with Crippen molar-refractivity contribution in [2.75, 3.05) is 10.0 Å². The van der Waals surface area contributed by atoms with Crippen molar-refractivity contribution in [1.29, 1.82) is 0 Å². The van der Waals surface area contributed by atoms with E-state index in [0.29, 0.717) is 17.6 Å². The van der Waals surface area contributed by atoms with Crippen LogP contribution >= 0.6 is 0 Å². The van der Waals surface area contributed by atoms with Crippen molar-refractivity contribution < 1.29 is 8.42 Å². The Morgan fingerprint density at radius 3 is 2.29 bits per heavy atom. The summed E-state index contributed by atoms with van der Waals surface area (Å²) in [5, 5.41) is 8.20. The van der Waals surface area contributed by atoms with Crippen LogP contribution in [0.25, 0.3) is 0 Å². The molecule has 0 aliphatic carbocycles. The predicted octanol–water partition coefficient (Wildman–Crippen LogP) is 1.76. The van der Waals surface area contributed by atoms with Crippen LogP contribution in [0.15, 0.2) is 24.3 Å². The maximum Gasteiger partial charge on any atom is 0.296 e. The summed E-state index contributed by atoms with van der Waals surface area (Å²) in [6, 6.07) is 7.31. The van der Waals surface area contributed by atoms with Gasteiger partial charge in [-0.25, -0.2) is 5.14 Å². The molecule has 0 fully saturated rings. The molecule has 1 unspecified atom stereocenters. The highest BCUT2D eigenvalue weighted by Gasteiger charge is 2.07. The second kappa shape index (κ2) is 5.37. The lowest BCUT2D eigenvalue weighted by atomic mass is 10.1. The summed E-state index contributed by atoms with van der Waals surface area (Å²) in [7, 11) is -3.72. The van der Waals surface area contributed by atoms with E-state index in [-0.39, 0.29) is 0 Å². The Balaban J connectivity index is 2.79. The summed E-state index contributed by atoms with van der Waals surface area (Å²) in [4.78, 5) is 0. The molecule has 0 bridgehead atoms. The molecule has 5 nitrogen and oxygen atoms in total. The van der Waals surface area contributed by atoms with Crippen LogP contribution in [0.1, 0.15) is 20.8 Å². The van der Waals surface area contributed by atoms with Crippen LogP contribution < -0.4 is 15.2 Å². The molecule has 1 rings (SSSR count). The van der Waals surface area contributed by atoms with Gasteiger partial charge in [-0.3, -0.25) is 4.72 Å². The zero-order valence-corrected chi connectivity index (χ0v) is 11.1. The van der Waals surface area contributed by atoms with Gasteiger partial charge < -0.3 is 5.32 Å². The van der Waals surface area contributed by atoms with Crippen molar-refractivity contribution in [2.24, 2.45) is 11.1 Å². The van der Waals surface area contributed by atoms with Gasteiger partial charge >= 0.3 is 0 Å². The van der Waals surface area contributed by atoms with Crippen LogP contribution in [0, 0.1) is 5.92 Å². The molecule has 0 radical (unpaired) electrons. The third-order valence-corrected chi connectivity index (χ3v) is 3.04. The lowest BCUT2D eigenvalue weighted by Gasteiger charge is -2.19. The lowest BCUT2D eigenvalue weighted by molar-refractivity contribution is 0.560. The molecule has 17 heavy (non-hydrogen) atoms. The van der Waals surface area contributed by atoms with Crippen LogP contribution in [-0.2, 0) is 10.2 Å². The van der Waals surface area contributed by atoms with Gasteiger partial charge in [0.2, 0.25) is 0 Å². The average molecular weight is 257 g/mol. The number of anilines is 2. The Morgan fingerprint density at radius 1 is 1.18 bits per heavy atom. The molecule has 1 atom stereocenters. The zero-order valence-electron chi connectivity index (χ0n) is 10.3. The minimum Gasteiger partial charge on any atom is -0.382 e. The van der Waals surface area contributed by atoms with Gasteiger partial charge in [0.05, 0.1) is 5.69 Å². The van der Waals surface area contributed by atoms with Crippen LogP contribution in [0.3, 0.4) is 0 Å². The predicted molar refractivity (Wildman–Crippen MR) is 71.1 cm³/mol. The molecular weight excluding hydrogens is 238 g/mol. The number of rotatable bonds is 5. The molecule has 0 saturated heterocycles. The fourth-order valence-electron chi connectivity index (χ4n) is 1.27. The Labute approximate surface area is 103 Å². The van der Waals surface area contributed by atoms with Crippen molar-refractivity contribution in [3.63, 3.8) is 0 Å². The van der Waals surface area contributed by atoms with Crippen LogP contribution in [0.2, 0.25) is 0 Å². The van der Waals surface area contributed by atoms with E-state index in [2.05, 4.69) is 30.8 Å². The Bertz CT molecular complexity index is 471. The van der Waals surface area contributed by atoms with E-state index in [4.69, 9.17) is 5.14 Å². The van der Waals surface area contributed by atoms with Gasteiger partial charge in [-0.1, -0.05) is 19.9 Å². The van der Waals surface area contributed by atoms with E-state index < -0.39 is 10.2 Å². The average Bonchev–Trinajstić information content (AvgIpc) is 2.15. The number of benzene rings is 1. The fraction of sp³-hybridized carbons (Fsp3) is 0.455. The number of hydrogen-bond acceptors (Lipinski definition) is 3. The monoisotopic (exact) mass is 257 g/mol. The quantitative estimate of drug-likeness (QED) is 0.751. The molecule has 0 aliphatic heterocycles. The second-order valence-electron chi connectivity index (χ2n) is 4.40. The highest BCUT2D eigenvalue weighted by molar-refractivity contribution is 7.90. The van der Waals surface area contributed by atoms with E-state index in [1.807, 2.05) is 6.07 Å². The van der Waals surface area contributed by atoms with Crippen molar-refractivity contribution in [2.45, 2.75) is 26.8 Å². The van der Waals surface area contributed by atoms with Crippen molar-refractivity contribution in [3.8, 4) is 0 Å². The van der Waals surface area contributed by atoms with Gasteiger partial charge in [-0.15, -0.1) is 0 Å². The van der Waals surface area contributed by atoms with E-state index in [0.717, 1.165) is 5.69 Å². The summed E-state index contributed by atoms with van der Waals surface area (Å²) in [5.74, 6) is 0.491. The topological polar surface area (TPSA) is 84.2 Å². The van der Waals surface area contributed by atoms with Gasteiger partial charge in [-0.2, -0.15) is 8.42 Å². The first-order valence-corrected chi connectivity index (χ1v) is 6.99. The molecule has 0 aromatic heterocycles. The molecule has 4 N–H and O–H groups in total. The second-order valence-corrected chi connectivity index (χ2v) is 5.70. The van der Waals surface area contributed by atoms with E-state index in [9.17, 15) is 8.42 Å². The van der Waals surface area contributed by atoms with Gasteiger partial charge in [0.1, 0.15) is 0 Å². The third kappa shape index (κ3) is 5.06. The number of hydrogen-bond donors (Lipinski definition) is 3. The molecule has 96 valence electrons. The lowest BCUT2D eigenvalue weighted by Crippen LogP contribution is -2.23. The SMILES string of the molecule is CC(C)C(C)Nc1cccc(NS(N)(=O)=O)c1. The minimum absolute atomic E-state index is 0.305. The maximum absolute atomic E-state index is 10.9. The molecular formula is C11H19N3O2S. The number of nitrogens with two attached hydrogens (primary N) is 1. The van der Waals surface area contributed by atoms with Crippen molar-refractivity contribution >= 4 is 21.6 Å². The highest BCUT2D eigenvalue weighted by Crippen LogP contribution is 2.18. The largest absolute Gasteiger partial charge is 0.382 e. The van der Waals surface area contributed by atoms with E-state index >= 15 is 0 Å². The molecule has 1 aromatic carbocycles. The van der Waals surface area contributed by atoms with Gasteiger partial charge in [-0.05, 0) is 31.0 Å². The summed E-state index contributed by atoms with van der Waals surface area (Å²) >= 11 is 0. The smallest absolute Gasteiger partial charge is 0.296 e. The Kier molecular flexibility index (Phi) is 4.36. The molecule has 0 spiro atoms. The summed E-state index contributed by atoms with van der Waals surface area (Å²) < 4.78 is 24.0. The van der Waals surface area contributed by atoms with Gasteiger partial charge in [0.25, 0.3) is 10.2 Å². The first-order valence-electron chi connectivity index (χ1n) is 5.45. The summed E-state index contributed by atoms with van der Waals surface area (Å²) in [6.07, 6.45) is 0. The van der Waals surface area contributed by atoms with Crippen molar-refractivity contribution in [1.82, 2.24) is 0 Å². The Morgan fingerprint density at radius 2 is 1.76 bits per heavy atom. The maximum atomic E-state index is 10.9. The van der Waals surface area contributed by atoms with Crippen molar-refractivity contribution in [3.05, 3.63) is 24.3 Å². The zero-order chi connectivity index (χ0) is 13.1. The van der Waals surface area contributed by atoms with Crippen LogP contribution in [-0.4, -0.2) is 14.5 Å². The minimum atomic E-state index is -3.72. The standard InChI is InChI=1S/C11H19N3O2S/c1-8(2)9(3)13-10-5-4-6-11(7-10)14-17(12,15)16/h4-9,13-14H,1-3H3,(H2,12,15,16). The molecule has 0 heterocycles. The summed E-state index contributed by atoms with van der Waals surface area (Å²) in [6.45, 7) is 6.30. The summed E-state index contributed by atoms with van der Waals surface area (Å²) in [5.41, 5.74) is 1.31. The fourth-order valence-corrected chi connectivity index (χ4v) is 1.72. The molecule has 0 aliphatic rings. The molecule has 0 amide bonds. The molecule has 0 saturated carbocycles. The van der Waals surface area contributed by atoms with E-state index in [1.54, 1.807) is 18.2 Å². The highest BCUT2D eigenvalue weighted by atomic mass is 32.2. The van der Waals surface area contributed by atoms with E-state index in [1.165, 1.54) is 0 Å². The van der Waals surface area contributed by atoms with Gasteiger partial charge in [0.15, 0.2) is 0 Å². The molecule has 6 heteroatoms. The van der Waals surface area contributed by atoms with Gasteiger partial charge in [0, 0.05) is 11.7 Å². The first kappa shape index (κ1) is 13.8. The Hall–Kier alpha value is -1.27. The number of nitrogens with one attached hydrogen (secondary N) is 2. The third-order valence-electron chi connectivity index (χ3n) is 2.52. The first-order chi connectivity index (χ1) is 7.78.